The van der Waals surface area contributed by atoms with Crippen LogP contribution in [0.25, 0.3) is 0 Å². The standard InChI is InChI=1S/C20H26N2O2.ClH/c1-24-14-6-5-13-22(16-18-7-3-2-4-8-18)20(23)15-17-9-11-19(21)12-10-17;/h2-4,7-12H,5-6,13-16,21H2,1H3;1H. The third kappa shape index (κ3) is 7.59. The largest absolute Gasteiger partial charge is 0.399 e. The first-order chi connectivity index (χ1) is 11.7. The lowest BCUT2D eigenvalue weighted by Crippen LogP contribution is -2.33. The molecule has 0 aromatic heterocycles. The molecule has 0 bridgehead atoms. The Hall–Kier alpha value is -2.04. The van der Waals surface area contributed by atoms with Gasteiger partial charge in [0, 0.05) is 32.5 Å². The summed E-state index contributed by atoms with van der Waals surface area (Å²) in [5, 5.41) is 0. The van der Waals surface area contributed by atoms with E-state index in [0.717, 1.165) is 37.1 Å². The van der Waals surface area contributed by atoms with E-state index in [-0.39, 0.29) is 18.3 Å². The zero-order valence-corrected chi connectivity index (χ0v) is 15.5. The second-order valence-electron chi connectivity index (χ2n) is 5.92. The summed E-state index contributed by atoms with van der Waals surface area (Å²) in [6, 6.07) is 17.6. The highest BCUT2D eigenvalue weighted by atomic mass is 35.5. The van der Waals surface area contributed by atoms with Gasteiger partial charge in [-0.3, -0.25) is 4.79 Å². The second-order valence-corrected chi connectivity index (χ2v) is 5.92. The number of methoxy groups -OCH3 is 1. The predicted octanol–water partition coefficient (Wildman–Crippen LogP) is 3.69. The van der Waals surface area contributed by atoms with Crippen LogP contribution < -0.4 is 5.73 Å². The van der Waals surface area contributed by atoms with Gasteiger partial charge in [0.2, 0.25) is 5.91 Å². The van der Waals surface area contributed by atoms with Gasteiger partial charge in [0.25, 0.3) is 0 Å². The van der Waals surface area contributed by atoms with Crippen LogP contribution in [-0.2, 0) is 22.5 Å². The molecule has 0 heterocycles. The molecule has 0 unspecified atom stereocenters. The molecule has 5 heteroatoms. The third-order valence-electron chi connectivity index (χ3n) is 3.93. The van der Waals surface area contributed by atoms with Crippen LogP contribution in [0.3, 0.4) is 0 Å². The number of carbonyl (C=O) groups is 1. The Morgan fingerprint density at radius 2 is 1.68 bits per heavy atom. The summed E-state index contributed by atoms with van der Waals surface area (Å²) < 4.78 is 5.09. The first kappa shape index (κ1) is 21.0. The number of ether oxygens (including phenoxy) is 1. The first-order valence-corrected chi connectivity index (χ1v) is 8.34. The van der Waals surface area contributed by atoms with Crippen molar-refractivity contribution in [2.45, 2.75) is 25.8 Å². The number of nitrogen functional groups attached to an aromatic ring is 1. The first-order valence-electron chi connectivity index (χ1n) is 8.34. The molecule has 0 spiro atoms. The van der Waals surface area contributed by atoms with Crippen LogP contribution in [0.5, 0.6) is 0 Å². The number of halogens is 1. The molecule has 1 amide bonds. The average Bonchev–Trinajstić information content (AvgIpc) is 2.60. The van der Waals surface area contributed by atoms with E-state index in [1.165, 1.54) is 0 Å². The zero-order valence-electron chi connectivity index (χ0n) is 14.7. The summed E-state index contributed by atoms with van der Waals surface area (Å²) >= 11 is 0. The Balaban J connectivity index is 0.00000312. The maximum atomic E-state index is 12.7. The number of hydrogen-bond donors (Lipinski definition) is 1. The molecule has 2 rings (SSSR count). The smallest absolute Gasteiger partial charge is 0.227 e. The maximum Gasteiger partial charge on any atom is 0.227 e. The summed E-state index contributed by atoms with van der Waals surface area (Å²) in [5.41, 5.74) is 8.56. The van der Waals surface area contributed by atoms with Gasteiger partial charge in [0.15, 0.2) is 0 Å². The van der Waals surface area contributed by atoms with E-state index in [2.05, 4.69) is 12.1 Å². The van der Waals surface area contributed by atoms with E-state index in [1.807, 2.05) is 47.4 Å². The molecule has 0 saturated carbocycles. The summed E-state index contributed by atoms with van der Waals surface area (Å²) in [7, 11) is 1.70. The van der Waals surface area contributed by atoms with Gasteiger partial charge in [-0.2, -0.15) is 0 Å². The lowest BCUT2D eigenvalue weighted by Gasteiger charge is -2.23. The number of nitrogens with two attached hydrogens (primary N) is 1. The molecule has 0 atom stereocenters. The summed E-state index contributed by atoms with van der Waals surface area (Å²) in [4.78, 5) is 14.7. The zero-order chi connectivity index (χ0) is 17.2. The van der Waals surface area contributed by atoms with Crippen molar-refractivity contribution < 1.29 is 9.53 Å². The molecular weight excluding hydrogens is 336 g/mol. The molecule has 0 radical (unpaired) electrons. The number of amides is 1. The van der Waals surface area contributed by atoms with Crippen LogP contribution in [0.1, 0.15) is 24.0 Å². The van der Waals surface area contributed by atoms with Crippen molar-refractivity contribution >= 4 is 24.0 Å². The van der Waals surface area contributed by atoms with Gasteiger partial charge < -0.3 is 15.4 Å². The molecule has 136 valence electrons. The summed E-state index contributed by atoms with van der Waals surface area (Å²) in [5.74, 6) is 0.140. The van der Waals surface area contributed by atoms with Gasteiger partial charge in [0.05, 0.1) is 6.42 Å². The van der Waals surface area contributed by atoms with E-state index >= 15 is 0 Å². The number of rotatable bonds is 9. The molecule has 0 saturated heterocycles. The molecule has 0 aliphatic carbocycles. The van der Waals surface area contributed by atoms with E-state index in [1.54, 1.807) is 7.11 Å². The van der Waals surface area contributed by atoms with Gasteiger partial charge >= 0.3 is 0 Å². The summed E-state index contributed by atoms with van der Waals surface area (Å²) in [6.07, 6.45) is 2.29. The normalized spacial score (nSPS) is 10.1. The predicted molar refractivity (Wildman–Crippen MR) is 105 cm³/mol. The van der Waals surface area contributed by atoms with Crippen molar-refractivity contribution in [1.29, 1.82) is 0 Å². The van der Waals surface area contributed by atoms with Crippen LogP contribution in [0.15, 0.2) is 54.6 Å². The van der Waals surface area contributed by atoms with Crippen molar-refractivity contribution in [2.24, 2.45) is 0 Å². The van der Waals surface area contributed by atoms with E-state index in [4.69, 9.17) is 10.5 Å². The Kier molecular flexibility index (Phi) is 9.66. The van der Waals surface area contributed by atoms with Crippen molar-refractivity contribution in [3.8, 4) is 0 Å². The second kappa shape index (κ2) is 11.5. The molecule has 2 aromatic carbocycles. The third-order valence-corrected chi connectivity index (χ3v) is 3.93. The van der Waals surface area contributed by atoms with Gasteiger partial charge in [-0.05, 0) is 36.1 Å². The Labute approximate surface area is 156 Å². The molecular formula is C20H27ClN2O2. The van der Waals surface area contributed by atoms with Gasteiger partial charge in [-0.25, -0.2) is 0 Å². The number of unbranched alkanes of at least 4 members (excludes halogenated alkanes) is 1. The fourth-order valence-electron chi connectivity index (χ4n) is 2.57. The lowest BCUT2D eigenvalue weighted by atomic mass is 10.1. The van der Waals surface area contributed by atoms with Gasteiger partial charge in [-0.1, -0.05) is 42.5 Å². The molecule has 0 aliphatic rings. The number of benzene rings is 2. The Morgan fingerprint density at radius 3 is 2.32 bits per heavy atom. The quantitative estimate of drug-likeness (QED) is 0.546. The topological polar surface area (TPSA) is 55.6 Å². The molecule has 4 nitrogen and oxygen atoms in total. The summed E-state index contributed by atoms with van der Waals surface area (Å²) in [6.45, 7) is 2.11. The lowest BCUT2D eigenvalue weighted by molar-refractivity contribution is -0.131. The van der Waals surface area contributed by atoms with Crippen molar-refractivity contribution in [3.05, 3.63) is 65.7 Å². The minimum atomic E-state index is 0. The van der Waals surface area contributed by atoms with Gasteiger partial charge in [0.1, 0.15) is 0 Å². The maximum absolute atomic E-state index is 12.7. The highest BCUT2D eigenvalue weighted by Gasteiger charge is 2.14. The van der Waals surface area contributed by atoms with Crippen LogP contribution >= 0.6 is 12.4 Å². The molecule has 0 fully saturated rings. The fraction of sp³-hybridized carbons (Fsp3) is 0.350. The van der Waals surface area contributed by atoms with E-state index in [9.17, 15) is 4.79 Å². The molecule has 2 N–H and O–H groups in total. The van der Waals surface area contributed by atoms with Crippen molar-refractivity contribution in [2.75, 3.05) is 26.0 Å². The minimum Gasteiger partial charge on any atom is -0.399 e. The number of hydrogen-bond acceptors (Lipinski definition) is 3. The Morgan fingerprint density at radius 1 is 1.00 bits per heavy atom. The minimum absolute atomic E-state index is 0. The number of anilines is 1. The van der Waals surface area contributed by atoms with Crippen LogP contribution in [0, 0.1) is 0 Å². The van der Waals surface area contributed by atoms with E-state index in [0.29, 0.717) is 18.7 Å². The number of nitrogens with zero attached hydrogens (tertiary/aromatic N) is 1. The van der Waals surface area contributed by atoms with Gasteiger partial charge in [-0.15, -0.1) is 12.4 Å². The van der Waals surface area contributed by atoms with Crippen molar-refractivity contribution in [3.63, 3.8) is 0 Å². The molecule has 2 aromatic rings. The van der Waals surface area contributed by atoms with Crippen molar-refractivity contribution in [1.82, 2.24) is 4.90 Å². The van der Waals surface area contributed by atoms with Crippen LogP contribution in [0.2, 0.25) is 0 Å². The van der Waals surface area contributed by atoms with Crippen LogP contribution in [-0.4, -0.2) is 31.1 Å². The number of carbonyl (C=O) groups excluding carboxylic acids is 1. The highest BCUT2D eigenvalue weighted by Crippen LogP contribution is 2.11. The molecule has 0 aliphatic heterocycles. The average molecular weight is 363 g/mol. The van der Waals surface area contributed by atoms with E-state index < -0.39 is 0 Å². The highest BCUT2D eigenvalue weighted by molar-refractivity contribution is 5.85. The SMILES string of the molecule is COCCCCN(Cc1ccccc1)C(=O)Cc1ccc(N)cc1.Cl. The fourth-order valence-corrected chi connectivity index (χ4v) is 2.57. The monoisotopic (exact) mass is 362 g/mol. The Bertz CT molecular complexity index is 617. The van der Waals surface area contributed by atoms with Crippen LogP contribution in [0.4, 0.5) is 5.69 Å². The molecule has 25 heavy (non-hydrogen) atoms.